The van der Waals surface area contributed by atoms with Crippen molar-refractivity contribution in [2.45, 2.75) is 38.8 Å². The molecule has 0 fully saturated rings. The maximum absolute atomic E-state index is 13.2. The highest BCUT2D eigenvalue weighted by atomic mass is 19.4. The Bertz CT molecular complexity index is 941. The average Bonchev–Trinajstić information content (AvgIpc) is 2.95. The number of benzene rings is 1. The predicted octanol–water partition coefficient (Wildman–Crippen LogP) is 5.51. The first kappa shape index (κ1) is 16.0. The smallest absolute Gasteiger partial charge is 0.355 e. The second kappa shape index (κ2) is 5.79. The van der Waals surface area contributed by atoms with Gasteiger partial charge >= 0.3 is 6.18 Å². The molecule has 0 atom stereocenters. The third-order valence-corrected chi connectivity index (χ3v) is 4.81. The average molecular weight is 345 g/mol. The molecule has 25 heavy (non-hydrogen) atoms. The monoisotopic (exact) mass is 345 g/mol. The first-order chi connectivity index (χ1) is 11.9. The van der Waals surface area contributed by atoms with Crippen molar-refractivity contribution in [3.8, 4) is 0 Å². The Hall–Kier alpha value is -2.50. The summed E-state index contributed by atoms with van der Waals surface area (Å²) in [5.41, 5.74) is 4.05. The Morgan fingerprint density at radius 2 is 1.92 bits per heavy atom. The number of nitrogens with one attached hydrogen (secondary N) is 2. The van der Waals surface area contributed by atoms with Crippen LogP contribution in [0.1, 0.15) is 35.2 Å². The van der Waals surface area contributed by atoms with Crippen LogP contribution in [0.25, 0.3) is 11.0 Å². The van der Waals surface area contributed by atoms with Gasteiger partial charge in [-0.25, -0.2) is 4.98 Å². The summed E-state index contributed by atoms with van der Waals surface area (Å²) in [6.45, 7) is 1.47. The van der Waals surface area contributed by atoms with Crippen molar-refractivity contribution in [2.24, 2.45) is 0 Å². The molecule has 0 aliphatic heterocycles. The van der Waals surface area contributed by atoms with Crippen molar-refractivity contribution in [1.82, 2.24) is 9.97 Å². The van der Waals surface area contributed by atoms with Crippen LogP contribution in [-0.2, 0) is 19.0 Å². The largest absolute Gasteiger partial charge is 0.416 e. The molecule has 0 bridgehead atoms. The van der Waals surface area contributed by atoms with Gasteiger partial charge in [0.15, 0.2) is 0 Å². The van der Waals surface area contributed by atoms with Gasteiger partial charge in [0, 0.05) is 23.0 Å². The molecule has 1 aliphatic carbocycles. The minimum absolute atomic E-state index is 0.219. The van der Waals surface area contributed by atoms with Gasteiger partial charge in [-0.3, -0.25) is 0 Å². The molecule has 0 amide bonds. The van der Waals surface area contributed by atoms with Gasteiger partial charge in [0.25, 0.3) is 0 Å². The van der Waals surface area contributed by atoms with Crippen molar-refractivity contribution in [1.29, 1.82) is 0 Å². The highest BCUT2D eigenvalue weighted by Gasteiger charge is 2.32. The summed E-state index contributed by atoms with van der Waals surface area (Å²) in [4.78, 5) is 7.74. The third-order valence-electron chi connectivity index (χ3n) is 4.81. The quantitative estimate of drug-likeness (QED) is 0.643. The SMILES string of the molecule is Cc1ccc(Nc2ccnc3[nH]c4c(c23)CCCC4)cc1C(F)(F)F. The lowest BCUT2D eigenvalue weighted by Crippen LogP contribution is -2.08. The first-order valence-corrected chi connectivity index (χ1v) is 8.37. The Labute approximate surface area is 143 Å². The first-order valence-electron chi connectivity index (χ1n) is 8.37. The molecular weight excluding hydrogens is 327 g/mol. The number of fused-ring (bicyclic) bond motifs is 3. The zero-order chi connectivity index (χ0) is 17.6. The molecule has 130 valence electrons. The Morgan fingerprint density at radius 1 is 1.12 bits per heavy atom. The summed E-state index contributed by atoms with van der Waals surface area (Å²) in [5.74, 6) is 0. The standard InChI is InChI=1S/C19H18F3N3/c1-11-6-7-12(10-14(11)19(20,21)22)24-16-8-9-23-18-17(16)13-4-2-3-5-15(13)25-18/h6-10H,2-5H2,1H3,(H2,23,24,25). The number of nitrogens with zero attached hydrogens (tertiary/aromatic N) is 1. The highest BCUT2D eigenvalue weighted by Crippen LogP contribution is 2.37. The molecule has 0 saturated heterocycles. The van der Waals surface area contributed by atoms with Crippen molar-refractivity contribution in [3.05, 3.63) is 52.8 Å². The topological polar surface area (TPSA) is 40.7 Å². The number of H-pyrrole nitrogens is 1. The molecule has 2 aromatic heterocycles. The lowest BCUT2D eigenvalue weighted by atomic mass is 9.95. The van der Waals surface area contributed by atoms with Gasteiger partial charge < -0.3 is 10.3 Å². The van der Waals surface area contributed by atoms with E-state index in [4.69, 9.17) is 0 Å². The number of alkyl halides is 3. The van der Waals surface area contributed by atoms with Crippen molar-refractivity contribution < 1.29 is 13.2 Å². The summed E-state index contributed by atoms with van der Waals surface area (Å²) < 4.78 is 39.5. The van der Waals surface area contributed by atoms with E-state index in [0.717, 1.165) is 42.4 Å². The maximum Gasteiger partial charge on any atom is 0.416 e. The highest BCUT2D eigenvalue weighted by molar-refractivity contribution is 5.95. The molecule has 0 spiro atoms. The number of pyridine rings is 1. The van der Waals surface area contributed by atoms with Crippen LogP contribution in [0.4, 0.5) is 24.5 Å². The third kappa shape index (κ3) is 2.86. The Morgan fingerprint density at radius 3 is 2.72 bits per heavy atom. The van der Waals surface area contributed by atoms with E-state index in [1.807, 2.05) is 6.07 Å². The number of aryl methyl sites for hydroxylation is 3. The zero-order valence-electron chi connectivity index (χ0n) is 13.8. The van der Waals surface area contributed by atoms with Crippen LogP contribution in [0, 0.1) is 6.92 Å². The second-order valence-electron chi connectivity index (χ2n) is 6.52. The molecular formula is C19H18F3N3. The minimum Gasteiger partial charge on any atom is -0.355 e. The molecule has 1 aromatic carbocycles. The second-order valence-corrected chi connectivity index (χ2v) is 6.52. The van der Waals surface area contributed by atoms with Crippen LogP contribution >= 0.6 is 0 Å². The van der Waals surface area contributed by atoms with Crippen LogP contribution in [0.5, 0.6) is 0 Å². The summed E-state index contributed by atoms with van der Waals surface area (Å²) in [6, 6.07) is 6.16. The zero-order valence-corrected chi connectivity index (χ0v) is 13.8. The van der Waals surface area contributed by atoms with E-state index in [1.54, 1.807) is 12.3 Å². The number of anilines is 2. The molecule has 0 saturated carbocycles. The van der Waals surface area contributed by atoms with Crippen molar-refractivity contribution >= 4 is 22.4 Å². The maximum atomic E-state index is 13.2. The fourth-order valence-corrected chi connectivity index (χ4v) is 3.59. The fraction of sp³-hybridized carbons (Fsp3) is 0.316. The van der Waals surface area contributed by atoms with Crippen LogP contribution in [-0.4, -0.2) is 9.97 Å². The van der Waals surface area contributed by atoms with Crippen LogP contribution in [0.15, 0.2) is 30.5 Å². The number of rotatable bonds is 2. The van der Waals surface area contributed by atoms with Crippen LogP contribution < -0.4 is 5.32 Å². The molecule has 6 heteroatoms. The van der Waals surface area contributed by atoms with Gasteiger partial charge in [0.1, 0.15) is 5.65 Å². The number of hydrogen-bond acceptors (Lipinski definition) is 2. The number of hydrogen-bond donors (Lipinski definition) is 2. The normalized spacial score (nSPS) is 14.6. The minimum atomic E-state index is -4.36. The molecule has 3 aromatic rings. The van der Waals surface area contributed by atoms with E-state index < -0.39 is 11.7 Å². The van der Waals surface area contributed by atoms with Gasteiger partial charge in [0.2, 0.25) is 0 Å². The molecule has 0 unspecified atom stereocenters. The van der Waals surface area contributed by atoms with E-state index in [-0.39, 0.29) is 5.56 Å². The van der Waals surface area contributed by atoms with E-state index in [2.05, 4.69) is 15.3 Å². The van der Waals surface area contributed by atoms with E-state index >= 15 is 0 Å². The van der Waals surface area contributed by atoms with Crippen molar-refractivity contribution in [2.75, 3.05) is 5.32 Å². The predicted molar refractivity (Wildman–Crippen MR) is 92.2 cm³/mol. The lowest BCUT2D eigenvalue weighted by Gasteiger charge is -2.15. The Kier molecular flexibility index (Phi) is 3.71. The number of aromatic nitrogens is 2. The molecule has 2 N–H and O–H groups in total. The summed E-state index contributed by atoms with van der Waals surface area (Å²) in [5, 5.41) is 4.15. The van der Waals surface area contributed by atoms with Crippen LogP contribution in [0.2, 0.25) is 0 Å². The summed E-state index contributed by atoms with van der Waals surface area (Å²) in [7, 11) is 0. The van der Waals surface area contributed by atoms with Gasteiger partial charge in [-0.15, -0.1) is 0 Å². The Balaban J connectivity index is 1.78. The summed E-state index contributed by atoms with van der Waals surface area (Å²) in [6.07, 6.45) is 1.55. The molecule has 1 aliphatic rings. The van der Waals surface area contributed by atoms with E-state index in [0.29, 0.717) is 5.69 Å². The molecule has 0 radical (unpaired) electrons. The molecule has 3 nitrogen and oxygen atoms in total. The lowest BCUT2D eigenvalue weighted by molar-refractivity contribution is -0.138. The van der Waals surface area contributed by atoms with Gasteiger partial charge in [-0.05, 0) is 61.9 Å². The van der Waals surface area contributed by atoms with Gasteiger partial charge in [0.05, 0.1) is 11.3 Å². The molecule has 2 heterocycles. The molecule has 4 rings (SSSR count). The fourth-order valence-electron chi connectivity index (χ4n) is 3.59. The number of halogens is 3. The van der Waals surface area contributed by atoms with Crippen molar-refractivity contribution in [3.63, 3.8) is 0 Å². The van der Waals surface area contributed by atoms with Gasteiger partial charge in [-0.2, -0.15) is 13.2 Å². The number of aromatic amines is 1. The van der Waals surface area contributed by atoms with E-state index in [1.165, 1.54) is 30.3 Å². The van der Waals surface area contributed by atoms with Crippen LogP contribution in [0.3, 0.4) is 0 Å². The summed E-state index contributed by atoms with van der Waals surface area (Å²) >= 11 is 0. The van der Waals surface area contributed by atoms with E-state index in [9.17, 15) is 13.2 Å². The van der Waals surface area contributed by atoms with Gasteiger partial charge in [-0.1, -0.05) is 6.07 Å².